The predicted molar refractivity (Wildman–Crippen MR) is 95.4 cm³/mol. The monoisotopic (exact) mass is 395 g/mol. The third-order valence-electron chi connectivity index (χ3n) is 4.08. The van der Waals surface area contributed by atoms with Gasteiger partial charge in [-0.25, -0.2) is 0 Å². The summed E-state index contributed by atoms with van der Waals surface area (Å²) in [6, 6.07) is 5.01. The Kier molecular flexibility index (Phi) is 7.05. The molecule has 2 heterocycles. The van der Waals surface area contributed by atoms with Crippen molar-refractivity contribution in [2.75, 3.05) is 13.1 Å². The molecule has 9 heteroatoms. The number of hydrogen-bond acceptors (Lipinski definition) is 3. The number of amides is 1. The van der Waals surface area contributed by atoms with Crippen LogP contribution < -0.4 is 10.6 Å². The van der Waals surface area contributed by atoms with Crippen LogP contribution in [0.25, 0.3) is 6.08 Å². The molecule has 1 fully saturated rings. The van der Waals surface area contributed by atoms with Gasteiger partial charge in [-0.1, -0.05) is 18.2 Å². The van der Waals surface area contributed by atoms with Crippen LogP contribution in [-0.2, 0) is 11.0 Å². The second kappa shape index (κ2) is 8.21. The molecule has 1 aromatic carbocycles. The van der Waals surface area contributed by atoms with E-state index in [1.165, 1.54) is 12.1 Å². The van der Waals surface area contributed by atoms with Crippen LogP contribution in [-0.4, -0.2) is 30.4 Å². The van der Waals surface area contributed by atoms with Crippen LogP contribution in [0, 0.1) is 0 Å². The Morgan fingerprint density at radius 2 is 1.80 bits per heavy atom. The van der Waals surface area contributed by atoms with Gasteiger partial charge in [0, 0.05) is 0 Å². The van der Waals surface area contributed by atoms with E-state index in [1.54, 1.807) is 12.1 Å². The van der Waals surface area contributed by atoms with Crippen LogP contribution in [0.5, 0.6) is 0 Å². The maximum atomic E-state index is 12.7. The lowest BCUT2D eigenvalue weighted by Gasteiger charge is -2.27. The molecule has 25 heavy (non-hydrogen) atoms. The summed E-state index contributed by atoms with van der Waals surface area (Å²) in [6.07, 6.45) is -0.0554. The molecule has 0 bridgehead atoms. The third kappa shape index (κ3) is 4.74. The first-order valence-corrected chi connectivity index (χ1v) is 7.36. The summed E-state index contributed by atoms with van der Waals surface area (Å²) in [6.45, 7) is 1.45. The van der Waals surface area contributed by atoms with Gasteiger partial charge in [-0.15, -0.1) is 24.8 Å². The third-order valence-corrected chi connectivity index (χ3v) is 4.08. The van der Waals surface area contributed by atoms with Gasteiger partial charge in [-0.05, 0) is 49.7 Å². The lowest BCUT2D eigenvalue weighted by molar-refractivity contribution is -0.137. The summed E-state index contributed by atoms with van der Waals surface area (Å²) < 4.78 is 38.1. The average Bonchev–Trinajstić information content (AvgIpc) is 2.81. The molecule has 2 N–H and O–H groups in total. The van der Waals surface area contributed by atoms with Gasteiger partial charge in [0.1, 0.15) is 11.4 Å². The zero-order chi connectivity index (χ0) is 16.5. The number of nitrogens with zero attached hydrogens (tertiary/aromatic N) is 1. The second-order valence-electron chi connectivity index (χ2n) is 5.69. The fraction of sp³-hybridized carbons (Fsp3) is 0.375. The Balaban J connectivity index is 0.00000156. The van der Waals surface area contributed by atoms with Crippen molar-refractivity contribution in [2.45, 2.75) is 24.6 Å². The Hall–Kier alpha value is -1.57. The number of amidine groups is 1. The molecule has 138 valence electrons. The van der Waals surface area contributed by atoms with Gasteiger partial charge in [0.25, 0.3) is 5.91 Å². The molecule has 0 saturated carbocycles. The number of carbonyl (C=O) groups excluding carboxylic acids is 1. The van der Waals surface area contributed by atoms with Crippen molar-refractivity contribution in [1.29, 1.82) is 0 Å². The summed E-state index contributed by atoms with van der Waals surface area (Å²) in [4.78, 5) is 16.6. The van der Waals surface area contributed by atoms with E-state index in [9.17, 15) is 18.0 Å². The molecule has 0 unspecified atom stereocenters. The molecule has 0 aromatic heterocycles. The number of aliphatic imine (C=N–C) groups is 1. The van der Waals surface area contributed by atoms with E-state index in [0.717, 1.165) is 25.2 Å². The number of carbonyl (C=O) groups is 1. The highest BCUT2D eigenvalue weighted by atomic mass is 35.5. The maximum absolute atomic E-state index is 12.7. The van der Waals surface area contributed by atoms with E-state index in [0.29, 0.717) is 24.2 Å². The van der Waals surface area contributed by atoms with E-state index < -0.39 is 17.3 Å². The van der Waals surface area contributed by atoms with Gasteiger partial charge in [0.2, 0.25) is 0 Å². The largest absolute Gasteiger partial charge is 0.416 e. The van der Waals surface area contributed by atoms with Crippen LogP contribution in [0.15, 0.2) is 35.3 Å². The molecule has 0 atom stereocenters. The van der Waals surface area contributed by atoms with Crippen molar-refractivity contribution >= 4 is 42.6 Å². The van der Waals surface area contributed by atoms with Gasteiger partial charge in [0.05, 0.1) is 5.56 Å². The first-order chi connectivity index (χ1) is 10.9. The summed E-state index contributed by atoms with van der Waals surface area (Å²) in [5.74, 6) is 0.261. The van der Waals surface area contributed by atoms with Crippen LogP contribution in [0.2, 0.25) is 0 Å². The quantitative estimate of drug-likeness (QED) is 0.807. The highest BCUT2D eigenvalue weighted by molar-refractivity contribution is 6.14. The lowest BCUT2D eigenvalue weighted by atomic mass is 9.89. The molecule has 0 radical (unpaired) electrons. The molecule has 1 spiro atoms. The average molecular weight is 396 g/mol. The van der Waals surface area contributed by atoms with Crippen molar-refractivity contribution < 1.29 is 18.0 Å². The number of hydrogen-bond donors (Lipinski definition) is 2. The molecule has 1 saturated heterocycles. The Bertz CT molecular complexity index is 683. The molecule has 0 aliphatic carbocycles. The fourth-order valence-electron chi connectivity index (χ4n) is 2.79. The Morgan fingerprint density at radius 1 is 1.12 bits per heavy atom. The van der Waals surface area contributed by atoms with Crippen molar-refractivity contribution in [3.63, 3.8) is 0 Å². The summed E-state index contributed by atoms with van der Waals surface area (Å²) in [5.41, 5.74) is -1.02. The zero-order valence-electron chi connectivity index (χ0n) is 13.1. The van der Waals surface area contributed by atoms with Crippen molar-refractivity contribution in [2.24, 2.45) is 4.99 Å². The smallest absolute Gasteiger partial charge is 0.317 e. The SMILES string of the molecule is Cl.Cl.O=C1NC(C=Cc2cccc(C(F)(F)F)c2)=NC12CCNCC2. The van der Waals surface area contributed by atoms with Crippen LogP contribution in [0.3, 0.4) is 0 Å². The molecular weight excluding hydrogens is 378 g/mol. The summed E-state index contributed by atoms with van der Waals surface area (Å²) in [5, 5.41) is 5.88. The van der Waals surface area contributed by atoms with E-state index in [1.807, 2.05) is 0 Å². The van der Waals surface area contributed by atoms with Crippen molar-refractivity contribution in [3.8, 4) is 0 Å². The first-order valence-electron chi connectivity index (χ1n) is 7.36. The lowest BCUT2D eigenvalue weighted by Crippen LogP contribution is -2.47. The minimum atomic E-state index is -4.37. The first kappa shape index (κ1) is 21.5. The number of benzene rings is 1. The van der Waals surface area contributed by atoms with E-state index >= 15 is 0 Å². The normalized spacial score (nSPS) is 19.2. The highest BCUT2D eigenvalue weighted by Crippen LogP contribution is 2.30. The van der Waals surface area contributed by atoms with E-state index in [4.69, 9.17) is 0 Å². The zero-order valence-corrected chi connectivity index (χ0v) is 14.7. The standard InChI is InChI=1S/C16H16F3N3O.2ClH/c17-16(18,19)12-3-1-2-11(10-12)4-5-13-21-14(23)15(22-13)6-8-20-9-7-15;;/h1-5,10,20H,6-9H2,(H,21,22,23);2*1H. The van der Waals surface area contributed by atoms with Crippen molar-refractivity contribution in [3.05, 3.63) is 41.5 Å². The molecule has 1 amide bonds. The molecule has 4 nitrogen and oxygen atoms in total. The number of rotatable bonds is 2. The minimum absolute atomic E-state index is 0. The number of alkyl halides is 3. The van der Waals surface area contributed by atoms with E-state index in [2.05, 4.69) is 15.6 Å². The number of halogens is 5. The maximum Gasteiger partial charge on any atom is 0.416 e. The molecule has 2 aliphatic heterocycles. The van der Waals surface area contributed by atoms with Gasteiger partial charge >= 0.3 is 6.18 Å². The topological polar surface area (TPSA) is 53.5 Å². The number of piperidine rings is 1. The Morgan fingerprint density at radius 3 is 2.44 bits per heavy atom. The van der Waals surface area contributed by atoms with Gasteiger partial charge in [-0.2, -0.15) is 13.2 Å². The summed E-state index contributed by atoms with van der Waals surface area (Å²) >= 11 is 0. The minimum Gasteiger partial charge on any atom is -0.317 e. The highest BCUT2D eigenvalue weighted by Gasteiger charge is 2.43. The second-order valence-corrected chi connectivity index (χ2v) is 5.69. The van der Waals surface area contributed by atoms with Gasteiger partial charge in [0.15, 0.2) is 0 Å². The summed E-state index contributed by atoms with van der Waals surface area (Å²) in [7, 11) is 0. The van der Waals surface area contributed by atoms with Crippen LogP contribution in [0.1, 0.15) is 24.0 Å². The Labute approximate surface area is 155 Å². The molecule has 2 aliphatic rings. The molecular formula is C16H18Cl2F3N3O. The molecule has 1 aromatic rings. The fourth-order valence-corrected chi connectivity index (χ4v) is 2.79. The molecule has 3 rings (SSSR count). The van der Waals surface area contributed by atoms with Gasteiger partial charge < -0.3 is 10.6 Å². The van der Waals surface area contributed by atoms with E-state index in [-0.39, 0.29) is 30.7 Å². The van der Waals surface area contributed by atoms with Gasteiger partial charge in [-0.3, -0.25) is 9.79 Å². The van der Waals surface area contributed by atoms with Crippen LogP contribution in [0.4, 0.5) is 13.2 Å². The van der Waals surface area contributed by atoms with Crippen LogP contribution >= 0.6 is 24.8 Å². The predicted octanol–water partition coefficient (Wildman–Crippen LogP) is 3.21. The van der Waals surface area contributed by atoms with Crippen molar-refractivity contribution in [1.82, 2.24) is 10.6 Å². The number of nitrogens with one attached hydrogen (secondary N) is 2.